The number of nitrogens with one attached hydrogen (secondary N) is 1. The van der Waals surface area contributed by atoms with Gasteiger partial charge in [-0.05, 0) is 18.6 Å². The number of benzene rings is 1. The first-order valence-electron chi connectivity index (χ1n) is 6.63. The summed E-state index contributed by atoms with van der Waals surface area (Å²) in [4.78, 5) is 23.7. The third kappa shape index (κ3) is 3.16. The van der Waals surface area contributed by atoms with Crippen molar-refractivity contribution >= 4 is 12.1 Å². The molecule has 0 saturated carbocycles. The second kappa shape index (κ2) is 5.87. The third-order valence-corrected chi connectivity index (χ3v) is 3.69. The van der Waals surface area contributed by atoms with E-state index in [9.17, 15) is 14.7 Å². The maximum atomic E-state index is 11.6. The first kappa shape index (κ1) is 14.9. The van der Waals surface area contributed by atoms with Crippen molar-refractivity contribution in [2.45, 2.75) is 13.5 Å². The number of rotatable bonds is 4. The molecule has 1 unspecified atom stereocenters. The maximum absolute atomic E-state index is 11.6. The Hall–Kier alpha value is -2.50. The summed E-state index contributed by atoms with van der Waals surface area (Å²) in [5, 5.41) is 21.6. The van der Waals surface area contributed by atoms with Crippen LogP contribution < -0.4 is 5.32 Å². The molecule has 0 aromatic heterocycles. The predicted octanol–water partition coefficient (Wildman–Crippen LogP) is 1.74. The minimum Gasteiger partial charge on any atom is -0.480 e. The van der Waals surface area contributed by atoms with Crippen LogP contribution in [0.15, 0.2) is 42.1 Å². The Labute approximate surface area is 122 Å². The molecule has 0 saturated heterocycles. The lowest BCUT2D eigenvalue weighted by Crippen LogP contribution is -2.50. The second-order valence-corrected chi connectivity index (χ2v) is 5.26. The predicted molar refractivity (Wildman–Crippen MR) is 76.7 cm³/mol. The van der Waals surface area contributed by atoms with Crippen molar-refractivity contribution < 1.29 is 19.8 Å². The molecule has 0 spiro atoms. The number of amides is 1. The van der Waals surface area contributed by atoms with Gasteiger partial charge in [-0.2, -0.15) is 0 Å². The number of nitrogens with zero attached hydrogens (tertiary/aromatic N) is 1. The van der Waals surface area contributed by atoms with E-state index in [4.69, 9.17) is 5.11 Å². The molecule has 1 aliphatic rings. The lowest BCUT2D eigenvalue weighted by molar-refractivity contribution is -0.147. The average molecular weight is 290 g/mol. The lowest BCUT2D eigenvalue weighted by Gasteiger charge is -2.37. The monoisotopic (exact) mass is 290 g/mol. The zero-order valence-electron chi connectivity index (χ0n) is 11.7. The van der Waals surface area contributed by atoms with Gasteiger partial charge in [-0.3, -0.25) is 4.79 Å². The zero-order chi connectivity index (χ0) is 15.5. The van der Waals surface area contributed by atoms with Crippen LogP contribution in [0.4, 0.5) is 4.79 Å². The summed E-state index contributed by atoms with van der Waals surface area (Å²) in [7, 11) is 0. The van der Waals surface area contributed by atoms with E-state index in [-0.39, 0.29) is 13.1 Å². The first-order chi connectivity index (χ1) is 9.93. The van der Waals surface area contributed by atoms with Crippen LogP contribution in [0.5, 0.6) is 0 Å². The van der Waals surface area contributed by atoms with E-state index in [1.165, 1.54) is 6.92 Å². The summed E-state index contributed by atoms with van der Waals surface area (Å²) in [6, 6.07) is 9.62. The molecule has 6 heteroatoms. The van der Waals surface area contributed by atoms with E-state index in [2.05, 4.69) is 5.32 Å². The van der Waals surface area contributed by atoms with Crippen LogP contribution in [0.25, 0.3) is 0 Å². The fourth-order valence-electron chi connectivity index (χ4n) is 2.35. The van der Waals surface area contributed by atoms with Crippen molar-refractivity contribution in [1.29, 1.82) is 0 Å². The highest BCUT2D eigenvalue weighted by molar-refractivity contribution is 5.80. The Morgan fingerprint density at radius 3 is 2.52 bits per heavy atom. The van der Waals surface area contributed by atoms with Gasteiger partial charge in [0.15, 0.2) is 0 Å². The fourth-order valence-corrected chi connectivity index (χ4v) is 2.35. The molecule has 1 aliphatic heterocycles. The van der Waals surface area contributed by atoms with Crippen LogP contribution in [0.1, 0.15) is 12.5 Å². The van der Waals surface area contributed by atoms with Gasteiger partial charge in [0.1, 0.15) is 5.41 Å². The molecule has 0 fully saturated rings. The molecule has 0 radical (unpaired) electrons. The number of hydrogen-bond donors (Lipinski definition) is 3. The van der Waals surface area contributed by atoms with Gasteiger partial charge in [0.05, 0.1) is 0 Å². The second-order valence-electron chi connectivity index (χ2n) is 5.26. The molecule has 1 heterocycles. The van der Waals surface area contributed by atoms with Gasteiger partial charge in [-0.15, -0.1) is 0 Å². The molecular formula is C15H18N2O4. The summed E-state index contributed by atoms with van der Waals surface area (Å²) in [5.74, 6) is -1.04. The maximum Gasteiger partial charge on any atom is 0.407 e. The van der Waals surface area contributed by atoms with Crippen LogP contribution >= 0.6 is 0 Å². The lowest BCUT2D eigenvalue weighted by atomic mass is 9.83. The summed E-state index contributed by atoms with van der Waals surface area (Å²) in [6.07, 6.45) is 0.523. The molecule has 6 nitrogen and oxygen atoms in total. The van der Waals surface area contributed by atoms with Gasteiger partial charge >= 0.3 is 12.1 Å². The normalized spacial score (nSPS) is 21.6. The molecule has 1 aromatic rings. The molecule has 112 valence electrons. The van der Waals surface area contributed by atoms with Crippen LogP contribution in [0.2, 0.25) is 0 Å². The minimum absolute atomic E-state index is 0.0642. The summed E-state index contributed by atoms with van der Waals surface area (Å²) in [5.41, 5.74) is 0.328. The van der Waals surface area contributed by atoms with Crippen molar-refractivity contribution in [3.8, 4) is 0 Å². The highest BCUT2D eigenvalue weighted by Gasteiger charge is 2.42. The number of carboxylic acid groups (broad SMARTS) is 2. The van der Waals surface area contributed by atoms with Gasteiger partial charge < -0.3 is 20.4 Å². The minimum atomic E-state index is -1.26. The largest absolute Gasteiger partial charge is 0.480 e. The van der Waals surface area contributed by atoms with Crippen LogP contribution in [-0.4, -0.2) is 40.3 Å². The molecular weight excluding hydrogens is 272 g/mol. The Morgan fingerprint density at radius 1 is 1.29 bits per heavy atom. The third-order valence-electron chi connectivity index (χ3n) is 3.69. The van der Waals surface area contributed by atoms with Crippen molar-refractivity contribution in [3.63, 3.8) is 0 Å². The van der Waals surface area contributed by atoms with Crippen molar-refractivity contribution in [1.82, 2.24) is 10.2 Å². The molecule has 0 bridgehead atoms. The summed E-state index contributed by atoms with van der Waals surface area (Å²) < 4.78 is 0. The van der Waals surface area contributed by atoms with Crippen molar-refractivity contribution in [2.24, 2.45) is 5.41 Å². The van der Waals surface area contributed by atoms with Gasteiger partial charge in [-0.25, -0.2) is 4.79 Å². The zero-order valence-corrected chi connectivity index (χ0v) is 11.7. The van der Waals surface area contributed by atoms with Crippen molar-refractivity contribution in [3.05, 3.63) is 47.7 Å². The Kier molecular flexibility index (Phi) is 4.16. The molecule has 1 aromatic carbocycles. The van der Waals surface area contributed by atoms with Crippen LogP contribution in [0.3, 0.4) is 0 Å². The molecule has 2 rings (SSSR count). The number of carboxylic acids is 1. The van der Waals surface area contributed by atoms with Gasteiger partial charge in [0.25, 0.3) is 0 Å². The van der Waals surface area contributed by atoms with E-state index in [1.54, 1.807) is 6.08 Å². The number of aliphatic carboxylic acids is 1. The van der Waals surface area contributed by atoms with E-state index in [0.717, 1.165) is 10.5 Å². The topological polar surface area (TPSA) is 89.9 Å². The van der Waals surface area contributed by atoms with E-state index in [1.807, 2.05) is 30.3 Å². The molecule has 1 atom stereocenters. The van der Waals surface area contributed by atoms with Gasteiger partial charge in [0, 0.05) is 25.3 Å². The van der Waals surface area contributed by atoms with Gasteiger partial charge in [-0.1, -0.05) is 30.3 Å². The van der Waals surface area contributed by atoms with E-state index in [0.29, 0.717) is 12.2 Å². The average Bonchev–Trinajstić information content (AvgIpc) is 2.46. The summed E-state index contributed by atoms with van der Waals surface area (Å²) in [6.45, 7) is 2.16. The number of hydrogen-bond acceptors (Lipinski definition) is 3. The van der Waals surface area contributed by atoms with Crippen LogP contribution in [0, 0.1) is 5.41 Å². The summed E-state index contributed by atoms with van der Waals surface area (Å²) >= 11 is 0. The SMILES string of the molecule is CC1(C(=O)O)CN(C(=O)O)CC=C1NCc1ccccc1. The Bertz CT molecular complexity index is 570. The first-order valence-corrected chi connectivity index (χ1v) is 6.63. The Morgan fingerprint density at radius 2 is 1.95 bits per heavy atom. The van der Waals surface area contributed by atoms with Crippen molar-refractivity contribution in [2.75, 3.05) is 13.1 Å². The molecule has 3 N–H and O–H groups in total. The van der Waals surface area contributed by atoms with E-state index >= 15 is 0 Å². The van der Waals surface area contributed by atoms with E-state index < -0.39 is 17.5 Å². The smallest absolute Gasteiger partial charge is 0.407 e. The standard InChI is InChI=1S/C15H18N2O4/c1-15(13(18)19)10-17(14(20)21)8-7-12(15)16-9-11-5-3-2-4-6-11/h2-7,16H,8-10H2,1H3,(H,18,19)(H,20,21). The highest BCUT2D eigenvalue weighted by atomic mass is 16.4. The highest BCUT2D eigenvalue weighted by Crippen LogP contribution is 2.30. The molecule has 21 heavy (non-hydrogen) atoms. The quantitative estimate of drug-likeness (QED) is 0.786. The van der Waals surface area contributed by atoms with Crippen LogP contribution in [-0.2, 0) is 11.3 Å². The molecule has 0 aliphatic carbocycles. The number of carbonyl (C=O) groups is 2. The fraction of sp³-hybridized carbons (Fsp3) is 0.333. The Balaban J connectivity index is 2.16. The van der Waals surface area contributed by atoms with Gasteiger partial charge in [0.2, 0.25) is 0 Å². The molecule has 1 amide bonds.